The van der Waals surface area contributed by atoms with Crippen LogP contribution in [0.2, 0.25) is 5.02 Å². The fourth-order valence-corrected chi connectivity index (χ4v) is 1.38. The van der Waals surface area contributed by atoms with Crippen molar-refractivity contribution in [2.24, 2.45) is 0 Å². The zero-order valence-corrected chi connectivity index (χ0v) is 9.75. The van der Waals surface area contributed by atoms with Crippen LogP contribution in [-0.2, 0) is 0 Å². The molecule has 80 valence electrons. The van der Waals surface area contributed by atoms with Gasteiger partial charge in [-0.25, -0.2) is 4.98 Å². The number of nitriles is 1. The first-order valence-electron chi connectivity index (χ1n) is 4.96. The molecule has 0 amide bonds. The molecule has 0 spiro atoms. The summed E-state index contributed by atoms with van der Waals surface area (Å²) >= 11 is 5.80. The molecule has 0 fully saturated rings. The molecule has 3 nitrogen and oxygen atoms in total. The highest BCUT2D eigenvalue weighted by Gasteiger charge is 2.06. The number of hydrogen-bond acceptors (Lipinski definition) is 3. The molecule has 0 bridgehead atoms. The van der Waals surface area contributed by atoms with Crippen molar-refractivity contribution in [3.05, 3.63) is 22.8 Å². The van der Waals surface area contributed by atoms with Crippen molar-refractivity contribution in [3.63, 3.8) is 0 Å². The second-order valence-electron chi connectivity index (χ2n) is 3.39. The number of halogens is 1. The average molecular weight is 224 g/mol. The van der Waals surface area contributed by atoms with Crippen LogP contribution in [0, 0.1) is 11.3 Å². The van der Waals surface area contributed by atoms with Gasteiger partial charge in [0.1, 0.15) is 11.9 Å². The summed E-state index contributed by atoms with van der Waals surface area (Å²) in [5, 5.41) is 9.19. The van der Waals surface area contributed by atoms with E-state index in [1.807, 2.05) is 24.1 Å². The average Bonchev–Trinajstić information content (AvgIpc) is 2.26. The normalized spacial score (nSPS) is 9.73. The first kappa shape index (κ1) is 11.8. The second kappa shape index (κ2) is 5.57. The highest BCUT2D eigenvalue weighted by molar-refractivity contribution is 6.31. The molecule has 0 atom stereocenters. The van der Waals surface area contributed by atoms with Crippen LogP contribution in [-0.4, -0.2) is 18.6 Å². The Balaban J connectivity index is 2.82. The molecule has 0 saturated carbocycles. The van der Waals surface area contributed by atoms with Crippen molar-refractivity contribution < 1.29 is 0 Å². The van der Waals surface area contributed by atoms with Crippen LogP contribution in [0.25, 0.3) is 0 Å². The number of aromatic nitrogens is 1. The lowest BCUT2D eigenvalue weighted by molar-refractivity contribution is 0.759. The molecule has 4 heteroatoms. The van der Waals surface area contributed by atoms with E-state index in [4.69, 9.17) is 16.9 Å². The van der Waals surface area contributed by atoms with Crippen molar-refractivity contribution >= 4 is 17.4 Å². The minimum absolute atomic E-state index is 0.289. The van der Waals surface area contributed by atoms with Gasteiger partial charge in [0.05, 0.1) is 5.02 Å². The van der Waals surface area contributed by atoms with Crippen LogP contribution in [0.5, 0.6) is 0 Å². The van der Waals surface area contributed by atoms with E-state index in [1.54, 1.807) is 6.07 Å². The van der Waals surface area contributed by atoms with Gasteiger partial charge in [-0.1, -0.05) is 24.9 Å². The van der Waals surface area contributed by atoms with Gasteiger partial charge < -0.3 is 4.90 Å². The molecule has 1 aromatic rings. The van der Waals surface area contributed by atoms with E-state index >= 15 is 0 Å². The molecular weight excluding hydrogens is 210 g/mol. The number of rotatable bonds is 4. The van der Waals surface area contributed by atoms with E-state index in [-0.39, 0.29) is 5.69 Å². The molecule has 0 aliphatic heterocycles. The summed E-state index contributed by atoms with van der Waals surface area (Å²) in [4.78, 5) is 6.20. The summed E-state index contributed by atoms with van der Waals surface area (Å²) in [5.41, 5.74) is 0.289. The molecular formula is C11H14ClN3. The quantitative estimate of drug-likeness (QED) is 0.788. The molecule has 1 heterocycles. The fourth-order valence-electron chi connectivity index (χ4n) is 1.23. The van der Waals surface area contributed by atoms with Crippen LogP contribution in [0.3, 0.4) is 0 Å². The van der Waals surface area contributed by atoms with Crippen molar-refractivity contribution in [1.82, 2.24) is 4.98 Å². The van der Waals surface area contributed by atoms with Crippen LogP contribution in [0.15, 0.2) is 12.1 Å². The molecule has 15 heavy (non-hydrogen) atoms. The molecule has 0 aliphatic rings. The summed E-state index contributed by atoms with van der Waals surface area (Å²) in [6.45, 7) is 3.08. The summed E-state index contributed by atoms with van der Waals surface area (Å²) in [5.74, 6) is 0.796. The third-order valence-corrected chi connectivity index (χ3v) is 2.48. The summed E-state index contributed by atoms with van der Waals surface area (Å²) < 4.78 is 0. The van der Waals surface area contributed by atoms with Crippen LogP contribution in [0.1, 0.15) is 25.5 Å². The Labute approximate surface area is 95.3 Å². The fraction of sp³-hybridized carbons (Fsp3) is 0.455. The first-order chi connectivity index (χ1) is 7.19. The van der Waals surface area contributed by atoms with E-state index < -0.39 is 0 Å². The van der Waals surface area contributed by atoms with Gasteiger partial charge in [0.15, 0.2) is 5.69 Å². The Kier molecular flexibility index (Phi) is 4.38. The molecule has 1 rings (SSSR count). The maximum Gasteiger partial charge on any atom is 0.161 e. The lowest BCUT2D eigenvalue weighted by atomic mass is 10.3. The van der Waals surface area contributed by atoms with Gasteiger partial charge in [-0.15, -0.1) is 0 Å². The Morgan fingerprint density at radius 1 is 1.53 bits per heavy atom. The summed E-state index contributed by atoms with van der Waals surface area (Å²) in [6.07, 6.45) is 2.26. The Hall–Kier alpha value is -1.27. The van der Waals surface area contributed by atoms with Crippen molar-refractivity contribution in [2.75, 3.05) is 18.5 Å². The standard InChI is InChI=1S/C11H14ClN3/c1-3-4-7-15(2)11-6-5-9(12)10(8-13)14-11/h5-6H,3-4,7H2,1-2H3. The van der Waals surface area contributed by atoms with Crippen molar-refractivity contribution in [2.45, 2.75) is 19.8 Å². The van der Waals surface area contributed by atoms with E-state index in [9.17, 15) is 0 Å². The van der Waals surface area contributed by atoms with Gasteiger partial charge in [0.2, 0.25) is 0 Å². The molecule has 1 aromatic heterocycles. The van der Waals surface area contributed by atoms with E-state index in [0.717, 1.165) is 25.2 Å². The Bertz CT molecular complexity index is 371. The Morgan fingerprint density at radius 2 is 2.27 bits per heavy atom. The summed E-state index contributed by atoms with van der Waals surface area (Å²) in [6, 6.07) is 5.52. The molecule has 0 aromatic carbocycles. The van der Waals surface area contributed by atoms with Gasteiger partial charge in [-0.05, 0) is 18.6 Å². The van der Waals surface area contributed by atoms with Gasteiger partial charge >= 0.3 is 0 Å². The highest BCUT2D eigenvalue weighted by atomic mass is 35.5. The van der Waals surface area contributed by atoms with E-state index in [2.05, 4.69) is 11.9 Å². The van der Waals surface area contributed by atoms with Crippen molar-refractivity contribution in [1.29, 1.82) is 5.26 Å². The van der Waals surface area contributed by atoms with Crippen LogP contribution < -0.4 is 4.90 Å². The molecule has 0 unspecified atom stereocenters. The minimum atomic E-state index is 0.289. The monoisotopic (exact) mass is 223 g/mol. The number of pyridine rings is 1. The number of unbranched alkanes of at least 4 members (excludes halogenated alkanes) is 1. The maximum atomic E-state index is 8.79. The van der Waals surface area contributed by atoms with Crippen LogP contribution in [0.4, 0.5) is 5.82 Å². The van der Waals surface area contributed by atoms with Gasteiger partial charge in [-0.2, -0.15) is 5.26 Å². The third kappa shape index (κ3) is 3.10. The van der Waals surface area contributed by atoms with Gasteiger partial charge in [0, 0.05) is 13.6 Å². The third-order valence-electron chi connectivity index (χ3n) is 2.18. The van der Waals surface area contributed by atoms with Crippen LogP contribution >= 0.6 is 11.6 Å². The minimum Gasteiger partial charge on any atom is -0.360 e. The molecule has 0 N–H and O–H groups in total. The first-order valence-corrected chi connectivity index (χ1v) is 5.34. The lowest BCUT2D eigenvalue weighted by Crippen LogP contribution is -2.19. The molecule has 0 aliphatic carbocycles. The Morgan fingerprint density at radius 3 is 2.87 bits per heavy atom. The predicted octanol–water partition coefficient (Wildman–Crippen LogP) is 2.84. The van der Waals surface area contributed by atoms with Crippen molar-refractivity contribution in [3.8, 4) is 6.07 Å². The molecule has 0 saturated heterocycles. The number of nitrogens with zero attached hydrogens (tertiary/aromatic N) is 3. The zero-order valence-electron chi connectivity index (χ0n) is 9.00. The maximum absolute atomic E-state index is 8.79. The lowest BCUT2D eigenvalue weighted by Gasteiger charge is -2.17. The highest BCUT2D eigenvalue weighted by Crippen LogP contribution is 2.17. The second-order valence-corrected chi connectivity index (χ2v) is 3.79. The van der Waals surface area contributed by atoms with Gasteiger partial charge in [0.25, 0.3) is 0 Å². The topological polar surface area (TPSA) is 39.9 Å². The molecule has 0 radical (unpaired) electrons. The predicted molar refractivity (Wildman–Crippen MR) is 62.1 cm³/mol. The zero-order chi connectivity index (χ0) is 11.3. The largest absolute Gasteiger partial charge is 0.360 e. The van der Waals surface area contributed by atoms with Gasteiger partial charge in [-0.3, -0.25) is 0 Å². The van der Waals surface area contributed by atoms with E-state index in [1.165, 1.54) is 0 Å². The number of hydrogen-bond donors (Lipinski definition) is 0. The SMILES string of the molecule is CCCCN(C)c1ccc(Cl)c(C#N)n1. The van der Waals surface area contributed by atoms with E-state index in [0.29, 0.717) is 5.02 Å². The smallest absolute Gasteiger partial charge is 0.161 e. The summed E-state index contributed by atoms with van der Waals surface area (Å²) in [7, 11) is 1.97. The number of anilines is 1.